The molecule has 8 nitrogen and oxygen atoms in total. The Morgan fingerprint density at radius 2 is 2.25 bits per heavy atom. The lowest BCUT2D eigenvalue weighted by atomic mass is 10.4. The molecule has 20 heavy (non-hydrogen) atoms. The summed E-state index contributed by atoms with van der Waals surface area (Å²) in [5.41, 5.74) is -0.0139. The first-order valence-corrected chi connectivity index (χ1v) is 6.41. The normalized spacial score (nSPS) is 11.9. The first-order chi connectivity index (χ1) is 9.52. The Labute approximate surface area is 117 Å². The highest BCUT2D eigenvalue weighted by Gasteiger charge is 2.07. The summed E-state index contributed by atoms with van der Waals surface area (Å²) in [5, 5.41) is 14.1. The number of nitrogens with one attached hydrogen (secondary N) is 2. The number of nitrogens with zero attached hydrogens (tertiary/aromatic N) is 2. The highest BCUT2D eigenvalue weighted by atomic mass is 16.5. The number of amides is 2. The standard InChI is InChI=1S/C12H20N4O4/c1-3-20-9(2)6-14-12(19)13-4-5-16-7-10(11(17)18)15-8-16/h7-9H,3-6H2,1-2H3,(H,17,18)(H2,13,14,19). The molecule has 112 valence electrons. The number of hydrogen-bond donors (Lipinski definition) is 3. The fourth-order valence-electron chi connectivity index (χ4n) is 1.53. The fraction of sp³-hybridized carbons (Fsp3) is 0.583. The Kier molecular flexibility index (Phi) is 6.51. The number of hydrogen-bond acceptors (Lipinski definition) is 4. The maximum absolute atomic E-state index is 11.5. The maximum Gasteiger partial charge on any atom is 0.356 e. The summed E-state index contributed by atoms with van der Waals surface area (Å²) in [6.45, 7) is 5.65. The van der Waals surface area contributed by atoms with Crippen LogP contribution in [0.4, 0.5) is 4.79 Å². The molecular formula is C12H20N4O4. The lowest BCUT2D eigenvalue weighted by molar-refractivity contribution is 0.0691. The predicted molar refractivity (Wildman–Crippen MR) is 71.7 cm³/mol. The van der Waals surface area contributed by atoms with Crippen molar-refractivity contribution in [2.45, 2.75) is 26.5 Å². The van der Waals surface area contributed by atoms with Gasteiger partial charge in [0.05, 0.1) is 12.4 Å². The molecule has 1 heterocycles. The molecule has 1 aromatic heterocycles. The SMILES string of the molecule is CCOC(C)CNC(=O)NCCn1cnc(C(=O)O)c1. The quantitative estimate of drug-likeness (QED) is 0.637. The number of carboxylic acid groups (broad SMARTS) is 1. The average Bonchev–Trinajstić information content (AvgIpc) is 2.86. The smallest absolute Gasteiger partial charge is 0.356 e. The topological polar surface area (TPSA) is 105 Å². The second-order valence-corrected chi connectivity index (χ2v) is 4.20. The van der Waals surface area contributed by atoms with E-state index in [4.69, 9.17) is 9.84 Å². The van der Waals surface area contributed by atoms with E-state index in [1.54, 1.807) is 4.57 Å². The first kappa shape index (κ1) is 16.0. The second kappa shape index (κ2) is 8.16. The predicted octanol–water partition coefficient (Wildman–Crippen LogP) is 0.306. The number of urea groups is 1. The van der Waals surface area contributed by atoms with Crippen molar-refractivity contribution in [1.29, 1.82) is 0 Å². The molecule has 0 bridgehead atoms. The molecule has 1 rings (SSSR count). The Hall–Kier alpha value is -2.09. The summed E-state index contributed by atoms with van der Waals surface area (Å²) >= 11 is 0. The minimum atomic E-state index is -1.07. The van der Waals surface area contributed by atoms with Gasteiger partial charge in [0.15, 0.2) is 5.69 Å². The molecule has 0 fully saturated rings. The lowest BCUT2D eigenvalue weighted by Gasteiger charge is -2.13. The van der Waals surface area contributed by atoms with Crippen LogP contribution in [0, 0.1) is 0 Å². The maximum atomic E-state index is 11.5. The van der Waals surface area contributed by atoms with Crippen LogP contribution in [0.1, 0.15) is 24.3 Å². The van der Waals surface area contributed by atoms with Gasteiger partial charge in [-0.25, -0.2) is 14.6 Å². The van der Waals surface area contributed by atoms with Gasteiger partial charge in [0, 0.05) is 32.4 Å². The Balaban J connectivity index is 2.19. The third-order valence-electron chi connectivity index (χ3n) is 2.51. The Bertz CT molecular complexity index is 446. The number of aromatic carboxylic acids is 1. The average molecular weight is 284 g/mol. The van der Waals surface area contributed by atoms with Crippen LogP contribution in [0.15, 0.2) is 12.5 Å². The van der Waals surface area contributed by atoms with Crippen molar-refractivity contribution >= 4 is 12.0 Å². The largest absolute Gasteiger partial charge is 0.476 e. The minimum Gasteiger partial charge on any atom is -0.476 e. The number of carbonyl (C=O) groups is 2. The first-order valence-electron chi connectivity index (χ1n) is 6.41. The monoisotopic (exact) mass is 284 g/mol. The van der Waals surface area contributed by atoms with Crippen LogP contribution < -0.4 is 10.6 Å². The summed E-state index contributed by atoms with van der Waals surface area (Å²) in [6, 6.07) is -0.282. The van der Waals surface area contributed by atoms with Crippen molar-refractivity contribution in [2.75, 3.05) is 19.7 Å². The lowest BCUT2D eigenvalue weighted by Crippen LogP contribution is -2.40. The van der Waals surface area contributed by atoms with E-state index in [1.807, 2.05) is 13.8 Å². The van der Waals surface area contributed by atoms with Crippen molar-refractivity contribution in [3.8, 4) is 0 Å². The number of rotatable bonds is 8. The second-order valence-electron chi connectivity index (χ2n) is 4.20. The highest BCUT2D eigenvalue weighted by Crippen LogP contribution is 1.95. The zero-order valence-corrected chi connectivity index (χ0v) is 11.6. The van der Waals surface area contributed by atoms with Crippen molar-refractivity contribution in [3.63, 3.8) is 0 Å². The summed E-state index contributed by atoms with van der Waals surface area (Å²) in [7, 11) is 0. The van der Waals surface area contributed by atoms with Crippen molar-refractivity contribution in [3.05, 3.63) is 18.2 Å². The number of ether oxygens (including phenoxy) is 1. The molecule has 0 aliphatic heterocycles. The summed E-state index contributed by atoms with van der Waals surface area (Å²) in [4.78, 5) is 25.8. The molecule has 8 heteroatoms. The van der Waals surface area contributed by atoms with E-state index in [-0.39, 0.29) is 17.8 Å². The van der Waals surface area contributed by atoms with Crippen LogP contribution in [-0.4, -0.2) is 52.5 Å². The van der Waals surface area contributed by atoms with E-state index in [1.165, 1.54) is 12.5 Å². The molecule has 0 saturated carbocycles. The van der Waals surface area contributed by atoms with E-state index in [0.717, 1.165) is 0 Å². The molecule has 0 aromatic carbocycles. The van der Waals surface area contributed by atoms with E-state index in [0.29, 0.717) is 26.2 Å². The molecule has 1 atom stereocenters. The van der Waals surface area contributed by atoms with Crippen LogP contribution >= 0.6 is 0 Å². The Morgan fingerprint density at radius 1 is 1.50 bits per heavy atom. The van der Waals surface area contributed by atoms with Gasteiger partial charge in [-0.2, -0.15) is 0 Å². The van der Waals surface area contributed by atoms with Crippen molar-refractivity contribution in [2.24, 2.45) is 0 Å². The van der Waals surface area contributed by atoms with Gasteiger partial charge >= 0.3 is 12.0 Å². The van der Waals surface area contributed by atoms with Gasteiger partial charge in [0.2, 0.25) is 0 Å². The van der Waals surface area contributed by atoms with E-state index in [9.17, 15) is 9.59 Å². The number of aromatic nitrogens is 2. The number of carboxylic acids is 1. The van der Waals surface area contributed by atoms with Crippen LogP contribution in [0.25, 0.3) is 0 Å². The third kappa shape index (κ3) is 5.70. The number of imidazole rings is 1. The highest BCUT2D eigenvalue weighted by molar-refractivity contribution is 5.84. The molecule has 0 aliphatic rings. The molecular weight excluding hydrogens is 264 g/mol. The van der Waals surface area contributed by atoms with Crippen LogP contribution in [0.3, 0.4) is 0 Å². The van der Waals surface area contributed by atoms with Gasteiger partial charge in [0.25, 0.3) is 0 Å². The molecule has 0 aliphatic carbocycles. The van der Waals surface area contributed by atoms with E-state index >= 15 is 0 Å². The molecule has 0 radical (unpaired) electrons. The summed E-state index contributed by atoms with van der Waals surface area (Å²) < 4.78 is 6.88. The van der Waals surface area contributed by atoms with Crippen molar-refractivity contribution < 1.29 is 19.4 Å². The third-order valence-corrected chi connectivity index (χ3v) is 2.51. The zero-order valence-electron chi connectivity index (χ0n) is 11.6. The molecule has 1 unspecified atom stereocenters. The van der Waals surface area contributed by atoms with Gasteiger partial charge in [-0.05, 0) is 13.8 Å². The minimum absolute atomic E-state index is 0.0139. The van der Waals surface area contributed by atoms with Gasteiger partial charge < -0.3 is 25.0 Å². The zero-order chi connectivity index (χ0) is 15.0. The van der Waals surface area contributed by atoms with E-state index in [2.05, 4.69) is 15.6 Å². The van der Waals surface area contributed by atoms with Crippen LogP contribution in [0.2, 0.25) is 0 Å². The molecule has 0 spiro atoms. The molecule has 2 amide bonds. The number of carbonyl (C=O) groups excluding carboxylic acids is 1. The van der Waals surface area contributed by atoms with Gasteiger partial charge in [-0.3, -0.25) is 0 Å². The van der Waals surface area contributed by atoms with Gasteiger partial charge in [-0.15, -0.1) is 0 Å². The van der Waals surface area contributed by atoms with Crippen LogP contribution in [0.5, 0.6) is 0 Å². The van der Waals surface area contributed by atoms with Gasteiger partial charge in [0.1, 0.15) is 0 Å². The fourth-order valence-corrected chi connectivity index (χ4v) is 1.53. The summed E-state index contributed by atoms with van der Waals surface area (Å²) in [5.74, 6) is -1.07. The van der Waals surface area contributed by atoms with Crippen LogP contribution in [-0.2, 0) is 11.3 Å². The molecule has 1 aromatic rings. The van der Waals surface area contributed by atoms with E-state index < -0.39 is 5.97 Å². The van der Waals surface area contributed by atoms with Crippen molar-refractivity contribution in [1.82, 2.24) is 20.2 Å². The van der Waals surface area contributed by atoms with Gasteiger partial charge in [-0.1, -0.05) is 0 Å². The summed E-state index contributed by atoms with van der Waals surface area (Å²) in [6.07, 6.45) is 2.80. The molecule has 0 saturated heterocycles. The molecule has 3 N–H and O–H groups in total. The Morgan fingerprint density at radius 3 is 2.85 bits per heavy atom.